The molecule has 0 bridgehead atoms. The molecule has 4 amide bonds. The largest absolute Gasteiger partial charge is 0.507 e. The number of phenolic OH excluding ortho intramolecular Hbond substituents is 1. The van der Waals surface area contributed by atoms with Gasteiger partial charge in [0, 0.05) is 17.0 Å². The Bertz CT molecular complexity index is 2080. The second-order valence-electron chi connectivity index (χ2n) is 13.4. The summed E-state index contributed by atoms with van der Waals surface area (Å²) in [7, 11) is 3.18. The summed E-state index contributed by atoms with van der Waals surface area (Å²) in [6.45, 7) is 3.78. The van der Waals surface area contributed by atoms with Crippen LogP contribution in [-0.4, -0.2) is 63.1 Å². The van der Waals surface area contributed by atoms with Crippen LogP contribution in [0.4, 0.5) is 5.69 Å². The van der Waals surface area contributed by atoms with E-state index in [0.29, 0.717) is 40.3 Å². The van der Waals surface area contributed by atoms with Gasteiger partial charge in [-0.2, -0.15) is 0 Å². The summed E-state index contributed by atoms with van der Waals surface area (Å²) in [5, 5.41) is 11.6. The van der Waals surface area contributed by atoms with E-state index in [9.17, 15) is 24.3 Å². The molecular formula is C40H35BrCl2N2O7. The van der Waals surface area contributed by atoms with Crippen molar-refractivity contribution in [3.05, 3.63) is 107 Å². The van der Waals surface area contributed by atoms with Crippen molar-refractivity contribution in [2.24, 2.45) is 17.8 Å². The number of para-hydroxylation sites is 1. The molecule has 0 unspecified atom stereocenters. The van der Waals surface area contributed by atoms with E-state index in [-0.39, 0.29) is 30.0 Å². The predicted octanol–water partition coefficient (Wildman–Crippen LogP) is 7.22. The number of carbonyl (C=O) groups is 4. The molecule has 2 aliphatic heterocycles. The first-order valence-electron chi connectivity index (χ1n) is 16.7. The van der Waals surface area contributed by atoms with Gasteiger partial charge in [0.05, 0.1) is 37.2 Å². The van der Waals surface area contributed by atoms with E-state index in [0.717, 1.165) is 16.0 Å². The first-order chi connectivity index (χ1) is 24.9. The Morgan fingerprint density at radius 2 is 1.71 bits per heavy atom. The fourth-order valence-electron chi connectivity index (χ4n) is 8.41. The van der Waals surface area contributed by atoms with Gasteiger partial charge in [0.25, 0.3) is 11.8 Å². The lowest BCUT2D eigenvalue weighted by Crippen LogP contribution is -2.60. The van der Waals surface area contributed by atoms with Crippen LogP contribution in [0.25, 0.3) is 12.2 Å². The minimum Gasteiger partial charge on any atom is -0.507 e. The summed E-state index contributed by atoms with van der Waals surface area (Å²) in [6.07, 6.45) is 7.67. The molecule has 1 N–H and O–H groups in total. The number of alkyl halides is 3. The molecule has 3 aromatic rings. The topological polar surface area (TPSA) is 113 Å². The summed E-state index contributed by atoms with van der Waals surface area (Å²) < 4.78 is 10.8. The van der Waals surface area contributed by atoms with Crippen molar-refractivity contribution in [1.82, 2.24) is 4.90 Å². The number of halogens is 3. The summed E-state index contributed by atoms with van der Waals surface area (Å²) in [6, 6.07) is 17.7. The molecule has 9 nitrogen and oxygen atoms in total. The number of carbonyl (C=O) groups excluding carboxylic acids is 4. The molecule has 12 heteroatoms. The van der Waals surface area contributed by atoms with Crippen molar-refractivity contribution in [2.45, 2.75) is 34.9 Å². The molecule has 2 aliphatic carbocycles. The van der Waals surface area contributed by atoms with Crippen molar-refractivity contribution in [3.8, 4) is 17.2 Å². The third-order valence-corrected chi connectivity index (χ3v) is 12.8. The number of amides is 4. The third-order valence-electron chi connectivity index (χ3n) is 10.9. The standard InChI is InChI=1S/C40H35BrCl2N2O7/c1-4-6-23-7-5-8-29(34(23)46)33-27-16-17-28-32(30(27)20-39(42)37(49)44(21-41)38(50)40(33,39)43)36(48)45(35(28)47)25-13-10-22(11-14-25)9-12-24-19-26(51-2)15-18-31(24)52-3/h4-5,7-16,18-19,28,30,32-33,46H,1,6,17,20-21H2,2-3H3/t28-,30+,32-,33+,39+,40-/m0/s1. The number of benzene rings is 3. The maximum Gasteiger partial charge on any atom is 0.254 e. The fourth-order valence-corrected chi connectivity index (χ4v) is 9.82. The highest BCUT2D eigenvalue weighted by Gasteiger charge is 2.76. The Labute approximate surface area is 319 Å². The highest BCUT2D eigenvalue weighted by Crippen LogP contribution is 2.66. The zero-order chi connectivity index (χ0) is 37.1. The number of anilines is 1. The molecule has 2 saturated heterocycles. The van der Waals surface area contributed by atoms with Crippen molar-refractivity contribution in [2.75, 3.05) is 24.6 Å². The SMILES string of the molecule is C=CCc1cccc([C@H]2C3=CC[C@@H]4C(=O)N(c5ccc(C=Cc6cc(OC)ccc6OC)cc5)C(=O)[C@@H]4[C@@H]3C[C@@]3(Cl)C(=O)N(CBr)C(=O)[C@@]23Cl)c1O. The fraction of sp³-hybridized carbons (Fsp3) is 0.300. The number of hydrogen-bond acceptors (Lipinski definition) is 7. The van der Waals surface area contributed by atoms with Crippen LogP contribution < -0.4 is 14.4 Å². The second-order valence-corrected chi connectivity index (χ2v) is 15.1. The number of methoxy groups -OCH3 is 2. The lowest BCUT2D eigenvalue weighted by atomic mass is 9.56. The van der Waals surface area contributed by atoms with Crippen molar-refractivity contribution in [3.63, 3.8) is 0 Å². The smallest absolute Gasteiger partial charge is 0.254 e. The molecule has 3 fully saturated rings. The van der Waals surface area contributed by atoms with Crippen LogP contribution >= 0.6 is 39.1 Å². The summed E-state index contributed by atoms with van der Waals surface area (Å²) in [4.78, 5) is 54.7. The average molecular weight is 807 g/mol. The van der Waals surface area contributed by atoms with Crippen LogP contribution in [0.1, 0.15) is 41.0 Å². The molecule has 4 aliphatic rings. The molecule has 0 spiro atoms. The number of likely N-dealkylation sites (tertiary alicyclic amines) is 1. The monoisotopic (exact) mass is 804 g/mol. The molecule has 7 rings (SSSR count). The number of hydrogen-bond donors (Lipinski definition) is 1. The average Bonchev–Trinajstić information content (AvgIpc) is 3.49. The quantitative estimate of drug-likeness (QED) is 0.0799. The maximum absolute atomic E-state index is 14.5. The van der Waals surface area contributed by atoms with Gasteiger partial charge in [0.15, 0.2) is 9.75 Å². The van der Waals surface area contributed by atoms with Crippen molar-refractivity contribution >= 4 is 80.6 Å². The number of ether oxygens (including phenoxy) is 2. The van der Waals surface area contributed by atoms with Gasteiger partial charge in [0.1, 0.15) is 17.2 Å². The first kappa shape index (κ1) is 36.0. The second kappa shape index (κ2) is 13.5. The van der Waals surface area contributed by atoms with Crippen LogP contribution in [0.3, 0.4) is 0 Å². The van der Waals surface area contributed by atoms with Gasteiger partial charge in [-0.3, -0.25) is 29.0 Å². The van der Waals surface area contributed by atoms with Gasteiger partial charge in [-0.25, -0.2) is 0 Å². The van der Waals surface area contributed by atoms with Gasteiger partial charge in [-0.15, -0.1) is 29.8 Å². The normalized spacial score (nSPS) is 28.1. The van der Waals surface area contributed by atoms with Gasteiger partial charge >= 0.3 is 0 Å². The molecule has 6 atom stereocenters. The summed E-state index contributed by atoms with van der Waals surface area (Å²) in [5.41, 5.74) is 3.39. The number of imide groups is 2. The highest BCUT2D eigenvalue weighted by atomic mass is 79.9. The summed E-state index contributed by atoms with van der Waals surface area (Å²) in [5.74, 6) is -4.27. The van der Waals surface area contributed by atoms with Gasteiger partial charge < -0.3 is 14.6 Å². The molecule has 3 aromatic carbocycles. The molecule has 268 valence electrons. The molecule has 52 heavy (non-hydrogen) atoms. The van der Waals surface area contributed by atoms with E-state index in [1.165, 1.54) is 4.90 Å². The van der Waals surface area contributed by atoms with Crippen LogP contribution in [-0.2, 0) is 25.6 Å². The number of rotatable bonds is 9. The van der Waals surface area contributed by atoms with Crippen LogP contribution in [0.2, 0.25) is 0 Å². The minimum absolute atomic E-state index is 0.0953. The van der Waals surface area contributed by atoms with Gasteiger partial charge in [-0.1, -0.05) is 76.1 Å². The van der Waals surface area contributed by atoms with Crippen molar-refractivity contribution < 1.29 is 33.8 Å². The van der Waals surface area contributed by atoms with E-state index in [2.05, 4.69) is 22.5 Å². The van der Waals surface area contributed by atoms with Crippen molar-refractivity contribution in [1.29, 1.82) is 0 Å². The number of allylic oxidation sites excluding steroid dienone is 3. The van der Waals surface area contributed by atoms with Crippen LogP contribution in [0, 0.1) is 17.8 Å². The number of aromatic hydroxyl groups is 1. The molecule has 0 radical (unpaired) electrons. The highest BCUT2D eigenvalue weighted by molar-refractivity contribution is 9.09. The Kier molecular flexibility index (Phi) is 9.38. The Morgan fingerprint density at radius 3 is 2.38 bits per heavy atom. The first-order valence-corrected chi connectivity index (χ1v) is 18.6. The van der Waals surface area contributed by atoms with Gasteiger partial charge in [0.2, 0.25) is 11.8 Å². The Morgan fingerprint density at radius 1 is 0.962 bits per heavy atom. The molecular weight excluding hydrogens is 771 g/mol. The zero-order valence-electron chi connectivity index (χ0n) is 28.4. The number of nitrogens with zero attached hydrogens (tertiary/aromatic N) is 2. The van der Waals surface area contributed by atoms with Crippen LogP contribution in [0.15, 0.2) is 85.0 Å². The van der Waals surface area contributed by atoms with E-state index < -0.39 is 51.1 Å². The number of phenols is 1. The lowest BCUT2D eigenvalue weighted by Gasteiger charge is -2.50. The Balaban J connectivity index is 1.25. The predicted molar refractivity (Wildman–Crippen MR) is 203 cm³/mol. The minimum atomic E-state index is -2.01. The third kappa shape index (κ3) is 5.24. The van der Waals surface area contributed by atoms with E-state index in [1.54, 1.807) is 50.6 Å². The molecule has 0 aromatic heterocycles. The van der Waals surface area contributed by atoms with E-state index in [1.807, 2.05) is 48.6 Å². The Hall–Kier alpha value is -4.38. The maximum atomic E-state index is 14.5. The number of fused-ring (bicyclic) bond motifs is 4. The molecule has 2 heterocycles. The van der Waals surface area contributed by atoms with E-state index in [4.69, 9.17) is 32.7 Å². The lowest BCUT2D eigenvalue weighted by molar-refractivity contribution is -0.138. The van der Waals surface area contributed by atoms with Gasteiger partial charge in [-0.05, 0) is 66.6 Å². The van der Waals surface area contributed by atoms with E-state index >= 15 is 0 Å². The van der Waals surface area contributed by atoms with Crippen LogP contribution in [0.5, 0.6) is 17.2 Å². The zero-order valence-corrected chi connectivity index (χ0v) is 31.5. The molecule has 1 saturated carbocycles. The summed E-state index contributed by atoms with van der Waals surface area (Å²) >= 11 is 17.9.